The smallest absolute Gasteiger partial charge is 0.255 e. The van der Waals surface area contributed by atoms with Crippen LogP contribution in [0.5, 0.6) is 0 Å². The molecule has 1 aliphatic heterocycles. The van der Waals surface area contributed by atoms with Crippen LogP contribution in [0.15, 0.2) is 23.1 Å². The van der Waals surface area contributed by atoms with E-state index in [0.29, 0.717) is 26.2 Å². The maximum Gasteiger partial charge on any atom is 0.255 e. The molecule has 1 aromatic rings. The lowest BCUT2D eigenvalue weighted by Gasteiger charge is -2.43. The van der Waals surface area contributed by atoms with Gasteiger partial charge in [-0.2, -0.15) is 4.31 Å². The van der Waals surface area contributed by atoms with Gasteiger partial charge in [0, 0.05) is 19.6 Å². The number of hydrogen-bond acceptors (Lipinski definition) is 4. The van der Waals surface area contributed by atoms with Gasteiger partial charge in [0.2, 0.25) is 10.0 Å². The van der Waals surface area contributed by atoms with E-state index in [9.17, 15) is 13.2 Å². The zero-order valence-corrected chi connectivity index (χ0v) is 17.4. The molecule has 0 N–H and O–H groups in total. The van der Waals surface area contributed by atoms with Crippen molar-refractivity contribution in [2.24, 2.45) is 0 Å². The summed E-state index contributed by atoms with van der Waals surface area (Å²) in [7, 11) is -3.65. The van der Waals surface area contributed by atoms with Crippen molar-refractivity contribution in [3.8, 4) is 0 Å². The van der Waals surface area contributed by atoms with Crippen LogP contribution in [0.2, 0.25) is 5.02 Å². The number of nitrogens with zero attached hydrogens (tertiary/aromatic N) is 2. The Balaban J connectivity index is 1.93. The molecule has 1 aromatic carbocycles. The van der Waals surface area contributed by atoms with Gasteiger partial charge in [0.15, 0.2) is 0 Å². The molecule has 6 nitrogen and oxygen atoms in total. The number of fused-ring (bicyclic) bond motifs is 1. The number of halogens is 1. The standard InChI is InChI=1S/C19H27ClN2O4S/c1-3-21(4-2)27(24,25)14-9-10-16(20)15(13-14)19(23)22-11-12-26-18-8-6-5-7-17(18)22/h9-10,13,17-18H,3-8,11-12H2,1-2H3. The SMILES string of the molecule is CCN(CC)S(=O)(=O)c1ccc(Cl)c(C(=O)N2CCOC3CCCCC32)c1. The van der Waals surface area contributed by atoms with Gasteiger partial charge in [-0.1, -0.05) is 38.3 Å². The maximum absolute atomic E-state index is 13.2. The number of rotatable bonds is 5. The molecular formula is C19H27ClN2O4S. The molecule has 1 heterocycles. The van der Waals surface area contributed by atoms with Crippen molar-refractivity contribution in [3.05, 3.63) is 28.8 Å². The van der Waals surface area contributed by atoms with Crippen LogP contribution >= 0.6 is 11.6 Å². The van der Waals surface area contributed by atoms with Crippen LogP contribution in [0.4, 0.5) is 0 Å². The summed E-state index contributed by atoms with van der Waals surface area (Å²) in [5.74, 6) is -0.211. The summed E-state index contributed by atoms with van der Waals surface area (Å²) >= 11 is 6.30. The Labute approximate surface area is 166 Å². The predicted molar refractivity (Wildman–Crippen MR) is 105 cm³/mol. The lowest BCUT2D eigenvalue weighted by atomic mass is 9.89. The van der Waals surface area contributed by atoms with Crippen molar-refractivity contribution in [2.45, 2.75) is 56.6 Å². The number of ether oxygens (including phenoxy) is 1. The van der Waals surface area contributed by atoms with E-state index in [4.69, 9.17) is 16.3 Å². The molecule has 2 atom stereocenters. The van der Waals surface area contributed by atoms with Crippen molar-refractivity contribution in [1.82, 2.24) is 9.21 Å². The van der Waals surface area contributed by atoms with Gasteiger partial charge >= 0.3 is 0 Å². The minimum atomic E-state index is -3.65. The van der Waals surface area contributed by atoms with Gasteiger partial charge in [-0.3, -0.25) is 4.79 Å². The molecule has 3 rings (SSSR count). The third kappa shape index (κ3) is 4.01. The van der Waals surface area contributed by atoms with E-state index in [2.05, 4.69) is 0 Å². The van der Waals surface area contributed by atoms with Crippen LogP contribution in [0.3, 0.4) is 0 Å². The number of hydrogen-bond donors (Lipinski definition) is 0. The molecule has 0 spiro atoms. The molecule has 2 aliphatic rings. The van der Waals surface area contributed by atoms with Crippen molar-refractivity contribution in [1.29, 1.82) is 0 Å². The Kier molecular flexibility index (Phi) is 6.46. The van der Waals surface area contributed by atoms with Crippen molar-refractivity contribution in [3.63, 3.8) is 0 Å². The average Bonchev–Trinajstić information content (AvgIpc) is 2.68. The second kappa shape index (κ2) is 8.47. The molecule has 0 aromatic heterocycles. The van der Waals surface area contributed by atoms with Gasteiger partial charge in [0.25, 0.3) is 5.91 Å². The van der Waals surface area contributed by atoms with Crippen LogP contribution in [-0.2, 0) is 14.8 Å². The summed E-state index contributed by atoms with van der Waals surface area (Å²) in [6.45, 7) is 5.33. The lowest BCUT2D eigenvalue weighted by molar-refractivity contribution is -0.0752. The second-order valence-electron chi connectivity index (χ2n) is 6.99. The fourth-order valence-corrected chi connectivity index (χ4v) is 5.73. The van der Waals surface area contributed by atoms with Crippen LogP contribution in [-0.4, -0.2) is 61.9 Å². The van der Waals surface area contributed by atoms with Gasteiger partial charge in [0.1, 0.15) is 0 Å². The van der Waals surface area contributed by atoms with E-state index in [0.717, 1.165) is 25.7 Å². The summed E-state index contributed by atoms with van der Waals surface area (Å²) in [6.07, 6.45) is 4.11. The predicted octanol–water partition coefficient (Wildman–Crippen LogP) is 3.15. The Morgan fingerprint density at radius 3 is 2.67 bits per heavy atom. The number of carbonyl (C=O) groups excluding carboxylic acids is 1. The molecule has 0 bridgehead atoms. The minimum Gasteiger partial charge on any atom is -0.374 e. The highest BCUT2D eigenvalue weighted by molar-refractivity contribution is 7.89. The first-order valence-corrected chi connectivity index (χ1v) is 11.4. The first-order valence-electron chi connectivity index (χ1n) is 9.62. The summed E-state index contributed by atoms with van der Waals surface area (Å²) < 4.78 is 32.9. The van der Waals surface area contributed by atoms with Crippen molar-refractivity contribution in [2.75, 3.05) is 26.2 Å². The van der Waals surface area contributed by atoms with E-state index in [1.807, 2.05) is 4.90 Å². The molecule has 1 aliphatic carbocycles. The van der Waals surface area contributed by atoms with Crippen LogP contribution in [0.25, 0.3) is 0 Å². The van der Waals surface area contributed by atoms with E-state index >= 15 is 0 Å². The van der Waals surface area contributed by atoms with Gasteiger partial charge in [-0.05, 0) is 31.0 Å². The molecule has 27 heavy (non-hydrogen) atoms. The second-order valence-corrected chi connectivity index (χ2v) is 9.34. The first kappa shape index (κ1) is 20.6. The molecule has 2 fully saturated rings. The monoisotopic (exact) mass is 414 g/mol. The first-order chi connectivity index (χ1) is 12.9. The quantitative estimate of drug-likeness (QED) is 0.742. The van der Waals surface area contributed by atoms with Gasteiger partial charge in [0.05, 0.1) is 34.2 Å². The Bertz CT molecular complexity index is 793. The fourth-order valence-electron chi connectivity index (χ4n) is 4.04. The molecule has 150 valence electrons. The molecule has 1 saturated heterocycles. The summed E-state index contributed by atoms with van der Waals surface area (Å²) in [6, 6.07) is 4.43. The normalized spacial score (nSPS) is 23.3. The molecule has 0 radical (unpaired) electrons. The number of morpholine rings is 1. The fraction of sp³-hybridized carbons (Fsp3) is 0.632. The van der Waals surface area contributed by atoms with Crippen molar-refractivity contribution < 1.29 is 17.9 Å². The molecule has 1 saturated carbocycles. The topological polar surface area (TPSA) is 66.9 Å². The van der Waals surface area contributed by atoms with Gasteiger partial charge in [-0.25, -0.2) is 8.42 Å². The molecular weight excluding hydrogens is 388 g/mol. The summed E-state index contributed by atoms with van der Waals surface area (Å²) in [5, 5.41) is 0.275. The number of amides is 1. The highest BCUT2D eigenvalue weighted by Crippen LogP contribution is 2.31. The van der Waals surface area contributed by atoms with Crippen LogP contribution in [0, 0.1) is 0 Å². The van der Waals surface area contributed by atoms with Crippen LogP contribution < -0.4 is 0 Å². The molecule has 8 heteroatoms. The molecule has 2 unspecified atom stereocenters. The third-order valence-electron chi connectivity index (χ3n) is 5.50. The summed E-state index contributed by atoms with van der Waals surface area (Å²) in [5.41, 5.74) is 0.246. The van der Waals surface area contributed by atoms with E-state index in [-0.39, 0.29) is 33.5 Å². The van der Waals surface area contributed by atoms with E-state index in [1.54, 1.807) is 13.8 Å². The largest absolute Gasteiger partial charge is 0.374 e. The Morgan fingerprint density at radius 1 is 1.26 bits per heavy atom. The number of benzene rings is 1. The molecule has 1 amide bonds. The third-order valence-corrected chi connectivity index (χ3v) is 7.88. The van der Waals surface area contributed by atoms with Gasteiger partial charge in [-0.15, -0.1) is 0 Å². The maximum atomic E-state index is 13.2. The zero-order chi connectivity index (χ0) is 19.6. The Morgan fingerprint density at radius 2 is 1.96 bits per heavy atom. The number of carbonyl (C=O) groups is 1. The van der Waals surface area contributed by atoms with Crippen molar-refractivity contribution >= 4 is 27.5 Å². The average molecular weight is 415 g/mol. The highest BCUT2D eigenvalue weighted by Gasteiger charge is 2.37. The van der Waals surface area contributed by atoms with Gasteiger partial charge < -0.3 is 9.64 Å². The Hall–Kier alpha value is -1.15. The van der Waals surface area contributed by atoms with Crippen LogP contribution in [0.1, 0.15) is 49.9 Å². The highest BCUT2D eigenvalue weighted by atomic mass is 35.5. The lowest BCUT2D eigenvalue weighted by Crippen LogP contribution is -2.54. The summed E-state index contributed by atoms with van der Waals surface area (Å²) in [4.78, 5) is 15.2. The van der Waals surface area contributed by atoms with E-state index < -0.39 is 10.0 Å². The van der Waals surface area contributed by atoms with E-state index in [1.165, 1.54) is 22.5 Å². The zero-order valence-electron chi connectivity index (χ0n) is 15.9. The number of sulfonamides is 1. The minimum absolute atomic E-state index is 0.0408.